The molecule has 0 radical (unpaired) electrons. The molecule has 0 aliphatic rings. The molecule has 1 aromatic heterocycles. The van der Waals surface area contributed by atoms with Crippen LogP contribution in [0.1, 0.15) is 16.1 Å². The summed E-state index contributed by atoms with van der Waals surface area (Å²) >= 11 is 3.38. The maximum absolute atomic E-state index is 12.2. The molecule has 2 aromatic carbocycles. The number of aromatic amines is 1. The molecule has 5 heteroatoms. The quantitative estimate of drug-likeness (QED) is 0.774. The number of aromatic nitrogens is 2. The Morgan fingerprint density at radius 2 is 1.90 bits per heavy atom. The molecule has 1 heterocycles. The van der Waals surface area contributed by atoms with Crippen LogP contribution in [0.25, 0.3) is 10.9 Å². The summed E-state index contributed by atoms with van der Waals surface area (Å²) in [5, 5.41) is 10.6. The number of carbonyl (C=O) groups is 1. The lowest BCUT2D eigenvalue weighted by Gasteiger charge is -2.04. The number of hydrogen-bond donors (Lipinski definition) is 2. The Morgan fingerprint density at radius 3 is 2.70 bits per heavy atom. The summed E-state index contributed by atoms with van der Waals surface area (Å²) in [6.07, 6.45) is 0. The highest BCUT2D eigenvalue weighted by atomic mass is 79.9. The number of nitrogens with one attached hydrogen (secondary N) is 2. The first-order chi connectivity index (χ1) is 9.74. The maximum atomic E-state index is 12.2. The van der Waals surface area contributed by atoms with Gasteiger partial charge in [0.15, 0.2) is 5.69 Å². The molecule has 0 aliphatic heterocycles. The Balaban J connectivity index is 1.75. The molecule has 0 spiro atoms. The van der Waals surface area contributed by atoms with Crippen molar-refractivity contribution < 1.29 is 4.79 Å². The fourth-order valence-electron chi connectivity index (χ4n) is 2.00. The Bertz CT molecular complexity index is 749. The molecule has 0 unspecified atom stereocenters. The second-order valence-corrected chi connectivity index (χ2v) is 5.34. The van der Waals surface area contributed by atoms with E-state index in [1.54, 1.807) is 0 Å². The van der Waals surface area contributed by atoms with Crippen LogP contribution in [0.5, 0.6) is 0 Å². The van der Waals surface area contributed by atoms with E-state index in [1.807, 2.05) is 48.5 Å². The van der Waals surface area contributed by atoms with Crippen LogP contribution in [0.2, 0.25) is 0 Å². The molecular formula is C15H12BrN3O. The molecule has 4 nitrogen and oxygen atoms in total. The predicted octanol–water partition coefficient (Wildman–Crippen LogP) is 3.26. The largest absolute Gasteiger partial charge is 0.347 e. The van der Waals surface area contributed by atoms with E-state index in [4.69, 9.17) is 0 Å². The second-order valence-electron chi connectivity index (χ2n) is 4.43. The summed E-state index contributed by atoms with van der Waals surface area (Å²) in [6.45, 7) is 0.479. The number of amides is 1. The SMILES string of the molecule is O=C(NCc1ccc(Br)cc1)c1n[nH]c2ccccc12. The van der Waals surface area contributed by atoms with Crippen LogP contribution in [0.15, 0.2) is 53.0 Å². The summed E-state index contributed by atoms with van der Waals surface area (Å²) in [4.78, 5) is 12.2. The molecule has 100 valence electrons. The Morgan fingerprint density at radius 1 is 1.15 bits per heavy atom. The number of nitrogens with zero attached hydrogens (tertiary/aromatic N) is 1. The van der Waals surface area contributed by atoms with Crippen LogP contribution in [0.3, 0.4) is 0 Å². The van der Waals surface area contributed by atoms with Crippen molar-refractivity contribution in [1.29, 1.82) is 0 Å². The number of benzene rings is 2. The van der Waals surface area contributed by atoms with Gasteiger partial charge >= 0.3 is 0 Å². The molecule has 3 aromatic rings. The number of carbonyl (C=O) groups excluding carboxylic acids is 1. The van der Waals surface area contributed by atoms with Gasteiger partial charge in [0, 0.05) is 16.4 Å². The molecule has 3 rings (SSSR count). The number of halogens is 1. The van der Waals surface area contributed by atoms with Gasteiger partial charge in [0.25, 0.3) is 5.91 Å². The third-order valence-corrected chi connectivity index (χ3v) is 3.58. The zero-order valence-corrected chi connectivity index (χ0v) is 12.1. The average Bonchev–Trinajstić information content (AvgIpc) is 2.90. The van der Waals surface area contributed by atoms with Gasteiger partial charge in [-0.25, -0.2) is 0 Å². The number of rotatable bonds is 3. The first kappa shape index (κ1) is 12.9. The molecular weight excluding hydrogens is 318 g/mol. The van der Waals surface area contributed by atoms with Gasteiger partial charge in [-0.3, -0.25) is 9.89 Å². The normalized spacial score (nSPS) is 10.7. The highest BCUT2D eigenvalue weighted by Gasteiger charge is 2.12. The van der Waals surface area contributed by atoms with Gasteiger partial charge < -0.3 is 5.32 Å². The van der Waals surface area contributed by atoms with Crippen molar-refractivity contribution in [3.05, 3.63) is 64.3 Å². The lowest BCUT2D eigenvalue weighted by molar-refractivity contribution is 0.0947. The fourth-order valence-corrected chi connectivity index (χ4v) is 2.27. The summed E-state index contributed by atoms with van der Waals surface area (Å²) < 4.78 is 1.02. The van der Waals surface area contributed by atoms with Gasteiger partial charge in [-0.05, 0) is 23.8 Å². The van der Waals surface area contributed by atoms with E-state index < -0.39 is 0 Å². The highest BCUT2D eigenvalue weighted by Crippen LogP contribution is 2.15. The number of hydrogen-bond acceptors (Lipinski definition) is 2. The van der Waals surface area contributed by atoms with Crippen molar-refractivity contribution in [2.24, 2.45) is 0 Å². The molecule has 0 bridgehead atoms. The summed E-state index contributed by atoms with van der Waals surface area (Å²) in [7, 11) is 0. The van der Waals surface area contributed by atoms with Crippen LogP contribution >= 0.6 is 15.9 Å². The van der Waals surface area contributed by atoms with Crippen molar-refractivity contribution in [1.82, 2.24) is 15.5 Å². The highest BCUT2D eigenvalue weighted by molar-refractivity contribution is 9.10. The molecule has 20 heavy (non-hydrogen) atoms. The van der Waals surface area contributed by atoms with Crippen molar-refractivity contribution in [2.75, 3.05) is 0 Å². The summed E-state index contributed by atoms with van der Waals surface area (Å²) in [5.74, 6) is -0.176. The lowest BCUT2D eigenvalue weighted by Crippen LogP contribution is -2.23. The Labute approximate surface area is 124 Å². The smallest absolute Gasteiger partial charge is 0.272 e. The third-order valence-electron chi connectivity index (χ3n) is 3.05. The van der Waals surface area contributed by atoms with Crippen molar-refractivity contribution in [2.45, 2.75) is 6.54 Å². The van der Waals surface area contributed by atoms with Gasteiger partial charge in [-0.15, -0.1) is 0 Å². The van der Waals surface area contributed by atoms with E-state index in [2.05, 4.69) is 31.4 Å². The number of fused-ring (bicyclic) bond motifs is 1. The minimum absolute atomic E-state index is 0.176. The fraction of sp³-hybridized carbons (Fsp3) is 0.0667. The number of H-pyrrole nitrogens is 1. The monoisotopic (exact) mass is 329 g/mol. The van der Waals surface area contributed by atoms with E-state index in [-0.39, 0.29) is 5.91 Å². The van der Waals surface area contributed by atoms with E-state index in [1.165, 1.54) is 0 Å². The Kier molecular flexibility index (Phi) is 3.52. The van der Waals surface area contributed by atoms with Crippen molar-refractivity contribution in [3.8, 4) is 0 Å². The molecule has 0 aliphatic carbocycles. The molecule has 1 amide bonds. The molecule has 0 saturated heterocycles. The first-order valence-electron chi connectivity index (χ1n) is 6.20. The maximum Gasteiger partial charge on any atom is 0.272 e. The lowest BCUT2D eigenvalue weighted by atomic mass is 10.2. The van der Waals surface area contributed by atoms with E-state index >= 15 is 0 Å². The number of para-hydroxylation sites is 1. The minimum Gasteiger partial charge on any atom is -0.347 e. The van der Waals surface area contributed by atoms with Crippen molar-refractivity contribution in [3.63, 3.8) is 0 Å². The zero-order valence-electron chi connectivity index (χ0n) is 10.6. The van der Waals surface area contributed by atoms with Gasteiger partial charge in [0.1, 0.15) is 0 Å². The van der Waals surface area contributed by atoms with Crippen LogP contribution in [0, 0.1) is 0 Å². The molecule has 0 atom stereocenters. The van der Waals surface area contributed by atoms with Gasteiger partial charge in [0.05, 0.1) is 5.52 Å². The van der Waals surface area contributed by atoms with Crippen LogP contribution in [-0.2, 0) is 6.54 Å². The third kappa shape index (κ3) is 2.58. The van der Waals surface area contributed by atoms with E-state index in [0.717, 1.165) is 20.9 Å². The van der Waals surface area contributed by atoms with E-state index in [9.17, 15) is 4.79 Å². The second kappa shape index (κ2) is 5.46. The van der Waals surface area contributed by atoms with Crippen LogP contribution in [-0.4, -0.2) is 16.1 Å². The van der Waals surface area contributed by atoms with Gasteiger partial charge in [-0.1, -0.05) is 46.3 Å². The first-order valence-corrected chi connectivity index (χ1v) is 6.99. The standard InChI is InChI=1S/C15H12BrN3O/c16-11-7-5-10(6-8-11)9-17-15(20)14-12-3-1-2-4-13(12)18-19-14/h1-8H,9H2,(H,17,20)(H,18,19). The Hall–Kier alpha value is -2.14. The van der Waals surface area contributed by atoms with Crippen LogP contribution < -0.4 is 5.32 Å². The topological polar surface area (TPSA) is 57.8 Å². The van der Waals surface area contributed by atoms with Crippen LogP contribution in [0.4, 0.5) is 0 Å². The summed E-state index contributed by atoms with van der Waals surface area (Å²) in [6, 6.07) is 15.4. The minimum atomic E-state index is -0.176. The van der Waals surface area contributed by atoms with Crippen molar-refractivity contribution >= 4 is 32.7 Å². The van der Waals surface area contributed by atoms with E-state index in [0.29, 0.717) is 12.2 Å². The average molecular weight is 330 g/mol. The van der Waals surface area contributed by atoms with Gasteiger partial charge in [0.2, 0.25) is 0 Å². The molecule has 0 saturated carbocycles. The molecule has 0 fully saturated rings. The van der Waals surface area contributed by atoms with Gasteiger partial charge in [-0.2, -0.15) is 5.10 Å². The zero-order chi connectivity index (χ0) is 13.9. The predicted molar refractivity (Wildman–Crippen MR) is 81.4 cm³/mol. The molecule has 2 N–H and O–H groups in total. The summed E-state index contributed by atoms with van der Waals surface area (Å²) in [5.41, 5.74) is 2.33.